The van der Waals surface area contributed by atoms with Crippen molar-refractivity contribution < 1.29 is 14.3 Å². The maximum absolute atomic E-state index is 13.6. The highest BCUT2D eigenvalue weighted by atomic mass is 16.5. The van der Waals surface area contributed by atoms with Crippen molar-refractivity contribution in [3.63, 3.8) is 0 Å². The molecule has 0 aromatic heterocycles. The highest BCUT2D eigenvalue weighted by Gasteiger charge is 2.58. The van der Waals surface area contributed by atoms with Crippen LogP contribution in [-0.4, -0.2) is 79.1 Å². The molecular weight excluding hydrogens is 366 g/mol. The summed E-state index contributed by atoms with van der Waals surface area (Å²) in [6.07, 6.45) is 10.1. The lowest BCUT2D eigenvalue weighted by molar-refractivity contribution is -0.191. The van der Waals surface area contributed by atoms with Crippen LogP contribution in [0.25, 0.3) is 0 Å². The Hall–Kier alpha value is -1.30. The number of carbonyl (C=O) groups excluding carboxylic acids is 2. The Bertz CT molecular complexity index is 566. The molecule has 2 aliphatic carbocycles. The third kappa shape index (κ3) is 4.42. The molecule has 0 N–H and O–H groups in total. The molecule has 1 spiro atoms. The molecule has 0 unspecified atom stereocenters. The summed E-state index contributed by atoms with van der Waals surface area (Å²) in [6.45, 7) is 7.24. The molecule has 0 radical (unpaired) electrons. The minimum absolute atomic E-state index is 0.0551. The van der Waals surface area contributed by atoms with E-state index in [-0.39, 0.29) is 17.4 Å². The minimum Gasteiger partial charge on any atom is -0.378 e. The molecule has 3 aliphatic rings. The summed E-state index contributed by atoms with van der Waals surface area (Å²) in [5, 5.41) is 0. The van der Waals surface area contributed by atoms with E-state index in [1.165, 1.54) is 32.1 Å². The van der Waals surface area contributed by atoms with Gasteiger partial charge in [-0.1, -0.05) is 26.2 Å². The quantitative estimate of drug-likeness (QED) is 0.674. The van der Waals surface area contributed by atoms with E-state index in [0.717, 1.165) is 38.8 Å². The van der Waals surface area contributed by atoms with E-state index in [4.69, 9.17) is 4.74 Å². The van der Waals surface area contributed by atoms with Crippen LogP contribution in [0.2, 0.25) is 0 Å². The highest BCUT2D eigenvalue weighted by Crippen LogP contribution is 2.55. The molecular formula is C23H41N3O3. The van der Waals surface area contributed by atoms with Crippen molar-refractivity contribution in [3.05, 3.63) is 0 Å². The van der Waals surface area contributed by atoms with E-state index in [9.17, 15) is 9.59 Å². The van der Waals surface area contributed by atoms with Gasteiger partial charge in [-0.25, -0.2) is 4.79 Å². The van der Waals surface area contributed by atoms with Crippen LogP contribution in [0.4, 0.5) is 4.79 Å². The zero-order chi connectivity index (χ0) is 21.0. The maximum Gasteiger partial charge on any atom is 0.319 e. The number of ether oxygens (including phenoxy) is 1. The van der Waals surface area contributed by atoms with Crippen LogP contribution in [0.5, 0.6) is 0 Å². The number of carbonyl (C=O) groups is 2. The molecule has 1 saturated heterocycles. The van der Waals surface area contributed by atoms with E-state index >= 15 is 0 Å². The summed E-state index contributed by atoms with van der Waals surface area (Å²) in [4.78, 5) is 31.5. The molecule has 3 amide bonds. The van der Waals surface area contributed by atoms with Gasteiger partial charge in [0.05, 0.1) is 6.10 Å². The van der Waals surface area contributed by atoms with Crippen LogP contribution in [0.1, 0.15) is 71.6 Å². The first-order valence-corrected chi connectivity index (χ1v) is 11.8. The summed E-state index contributed by atoms with van der Waals surface area (Å²) >= 11 is 0. The molecule has 1 heterocycles. The Labute approximate surface area is 176 Å². The van der Waals surface area contributed by atoms with Gasteiger partial charge in [0.2, 0.25) is 5.91 Å². The first-order chi connectivity index (χ1) is 13.9. The van der Waals surface area contributed by atoms with Gasteiger partial charge in [-0.3, -0.25) is 4.79 Å². The predicted octanol–water partition coefficient (Wildman–Crippen LogP) is 3.75. The average Bonchev–Trinajstić information content (AvgIpc) is 2.75. The Morgan fingerprint density at radius 2 is 1.72 bits per heavy atom. The van der Waals surface area contributed by atoms with Crippen molar-refractivity contribution in [3.8, 4) is 0 Å². The predicted molar refractivity (Wildman–Crippen MR) is 115 cm³/mol. The number of urea groups is 1. The second-order valence-electron chi connectivity index (χ2n) is 9.46. The molecule has 1 aliphatic heterocycles. The summed E-state index contributed by atoms with van der Waals surface area (Å²) < 4.78 is 6.13. The molecule has 3 rings (SSSR count). The number of hydrogen-bond donors (Lipinski definition) is 0. The molecule has 3 fully saturated rings. The van der Waals surface area contributed by atoms with Gasteiger partial charge in [0, 0.05) is 57.7 Å². The lowest BCUT2D eigenvalue weighted by atomic mass is 9.54. The standard InChI is InChI=1S/C23H41N3O3/c1-5-14-26(19-17-20(29-6-2)23(19)12-8-7-9-13-23)21(27)18-10-15-25(16-11-18)22(28)24(3)4/h18-20H,5-17H2,1-4H3/t19-,20+/m1/s1. The lowest BCUT2D eigenvalue weighted by Gasteiger charge is -2.61. The number of nitrogens with zero attached hydrogens (tertiary/aromatic N) is 3. The molecule has 0 bridgehead atoms. The third-order valence-electron chi connectivity index (χ3n) is 7.52. The van der Waals surface area contributed by atoms with Gasteiger partial charge >= 0.3 is 6.03 Å². The second kappa shape index (κ2) is 9.67. The van der Waals surface area contributed by atoms with Gasteiger partial charge in [0.25, 0.3) is 0 Å². The van der Waals surface area contributed by atoms with Gasteiger partial charge in [0.1, 0.15) is 0 Å². The molecule has 6 nitrogen and oxygen atoms in total. The maximum atomic E-state index is 13.6. The number of amides is 3. The van der Waals surface area contributed by atoms with Crippen molar-refractivity contribution in [2.45, 2.75) is 83.8 Å². The van der Waals surface area contributed by atoms with Gasteiger partial charge in [-0.05, 0) is 45.4 Å². The van der Waals surface area contributed by atoms with Gasteiger partial charge in [-0.2, -0.15) is 0 Å². The highest BCUT2D eigenvalue weighted by molar-refractivity contribution is 5.80. The Morgan fingerprint density at radius 3 is 2.28 bits per heavy atom. The number of likely N-dealkylation sites (tertiary alicyclic amines) is 1. The molecule has 0 aromatic carbocycles. The smallest absolute Gasteiger partial charge is 0.319 e. The number of hydrogen-bond acceptors (Lipinski definition) is 3. The summed E-state index contributed by atoms with van der Waals surface area (Å²) in [7, 11) is 3.58. The van der Waals surface area contributed by atoms with Gasteiger partial charge < -0.3 is 19.4 Å². The fourth-order valence-electron chi connectivity index (χ4n) is 5.96. The first kappa shape index (κ1) is 22.4. The Morgan fingerprint density at radius 1 is 1.07 bits per heavy atom. The fraction of sp³-hybridized carbons (Fsp3) is 0.913. The molecule has 2 atom stereocenters. The zero-order valence-corrected chi connectivity index (χ0v) is 19.0. The summed E-state index contributed by atoms with van der Waals surface area (Å²) in [6, 6.07) is 0.397. The second-order valence-corrected chi connectivity index (χ2v) is 9.46. The number of piperidine rings is 1. The van der Waals surface area contributed by atoms with E-state index < -0.39 is 0 Å². The molecule has 166 valence electrons. The van der Waals surface area contributed by atoms with Crippen molar-refractivity contribution >= 4 is 11.9 Å². The lowest BCUT2D eigenvalue weighted by Crippen LogP contribution is -2.67. The molecule has 29 heavy (non-hydrogen) atoms. The molecule has 6 heteroatoms. The summed E-state index contributed by atoms with van der Waals surface area (Å²) in [5.74, 6) is 0.383. The molecule has 0 aromatic rings. The van der Waals surface area contributed by atoms with Crippen molar-refractivity contribution in [2.75, 3.05) is 40.3 Å². The minimum atomic E-state index is 0.0551. The van der Waals surface area contributed by atoms with Crippen molar-refractivity contribution in [2.24, 2.45) is 11.3 Å². The van der Waals surface area contributed by atoms with E-state index in [1.807, 2.05) is 4.90 Å². The van der Waals surface area contributed by atoms with Crippen LogP contribution in [0.15, 0.2) is 0 Å². The van der Waals surface area contributed by atoms with Gasteiger partial charge in [0.15, 0.2) is 0 Å². The zero-order valence-electron chi connectivity index (χ0n) is 19.0. The average molecular weight is 408 g/mol. The van der Waals surface area contributed by atoms with Crippen LogP contribution in [0, 0.1) is 11.3 Å². The van der Waals surface area contributed by atoms with E-state index in [2.05, 4.69) is 18.7 Å². The fourth-order valence-corrected chi connectivity index (χ4v) is 5.96. The van der Waals surface area contributed by atoms with Crippen LogP contribution in [0.3, 0.4) is 0 Å². The van der Waals surface area contributed by atoms with Crippen LogP contribution < -0.4 is 0 Å². The normalized spacial score (nSPS) is 26.8. The van der Waals surface area contributed by atoms with Crippen LogP contribution >= 0.6 is 0 Å². The van der Waals surface area contributed by atoms with Crippen molar-refractivity contribution in [1.29, 1.82) is 0 Å². The van der Waals surface area contributed by atoms with E-state index in [1.54, 1.807) is 19.0 Å². The Balaban J connectivity index is 1.68. The van der Waals surface area contributed by atoms with E-state index in [0.29, 0.717) is 31.1 Å². The largest absolute Gasteiger partial charge is 0.378 e. The third-order valence-corrected chi connectivity index (χ3v) is 7.52. The summed E-state index contributed by atoms with van der Waals surface area (Å²) in [5.41, 5.74) is 0.181. The molecule has 2 saturated carbocycles. The first-order valence-electron chi connectivity index (χ1n) is 11.8. The monoisotopic (exact) mass is 407 g/mol. The van der Waals surface area contributed by atoms with Crippen LogP contribution in [-0.2, 0) is 9.53 Å². The Kier molecular flexibility index (Phi) is 7.47. The SMILES string of the molecule is CCCN(C(=O)C1CCN(C(=O)N(C)C)CC1)[C@@H]1C[C@H](OCC)C12CCCCC2. The number of rotatable bonds is 6. The van der Waals surface area contributed by atoms with Gasteiger partial charge in [-0.15, -0.1) is 0 Å². The topological polar surface area (TPSA) is 53.1 Å². The van der Waals surface area contributed by atoms with Crippen molar-refractivity contribution in [1.82, 2.24) is 14.7 Å².